The van der Waals surface area contributed by atoms with Gasteiger partial charge >= 0.3 is 0 Å². The lowest BCUT2D eigenvalue weighted by Gasteiger charge is -2.15. The minimum atomic E-state index is 0.708. The molecule has 3 heteroatoms. The molecule has 0 aliphatic heterocycles. The van der Waals surface area contributed by atoms with Gasteiger partial charge in [0.05, 0.1) is 11.4 Å². The number of hydrogen-bond donors (Lipinski definition) is 0. The molecule has 0 saturated carbocycles. The van der Waals surface area contributed by atoms with E-state index in [1.807, 2.05) is 17.4 Å². The summed E-state index contributed by atoms with van der Waals surface area (Å²) in [4.78, 5) is 10.4. The van der Waals surface area contributed by atoms with Crippen molar-refractivity contribution in [1.29, 1.82) is 0 Å². The van der Waals surface area contributed by atoms with Crippen molar-refractivity contribution < 1.29 is 0 Å². The zero-order chi connectivity index (χ0) is 36.3. The molecule has 2 heterocycles. The summed E-state index contributed by atoms with van der Waals surface area (Å²) in [5.74, 6) is 0.708. The number of thiophene rings is 1. The lowest BCUT2D eigenvalue weighted by Crippen LogP contribution is -1.96. The van der Waals surface area contributed by atoms with Crippen molar-refractivity contribution in [2.24, 2.45) is 0 Å². The van der Waals surface area contributed by atoms with E-state index in [2.05, 4.69) is 188 Å². The van der Waals surface area contributed by atoms with Crippen molar-refractivity contribution in [2.45, 2.75) is 0 Å². The molecule has 55 heavy (non-hydrogen) atoms. The second-order valence-electron chi connectivity index (χ2n) is 14.1. The highest BCUT2D eigenvalue weighted by Gasteiger charge is 2.16. The van der Waals surface area contributed by atoms with Crippen LogP contribution in [0.1, 0.15) is 0 Å². The lowest BCUT2D eigenvalue weighted by atomic mass is 9.89. The van der Waals surface area contributed by atoms with Crippen LogP contribution in [0.2, 0.25) is 0 Å². The molecule has 0 amide bonds. The summed E-state index contributed by atoms with van der Waals surface area (Å²) in [7, 11) is 0. The van der Waals surface area contributed by atoms with Crippen LogP contribution in [-0.4, -0.2) is 9.97 Å². The molecule has 0 fully saturated rings. The summed E-state index contributed by atoms with van der Waals surface area (Å²) < 4.78 is 2.55. The summed E-state index contributed by atoms with van der Waals surface area (Å²) >= 11 is 1.83. The molecule has 0 saturated heterocycles. The summed E-state index contributed by atoms with van der Waals surface area (Å²) in [6.07, 6.45) is 0. The highest BCUT2D eigenvalue weighted by Crippen LogP contribution is 2.41. The van der Waals surface area contributed by atoms with Crippen LogP contribution in [0.5, 0.6) is 0 Å². The third-order valence-electron chi connectivity index (χ3n) is 10.9. The minimum Gasteiger partial charge on any atom is -0.228 e. The summed E-state index contributed by atoms with van der Waals surface area (Å²) in [5.41, 5.74) is 9.70. The fourth-order valence-electron chi connectivity index (χ4n) is 8.14. The first-order valence-electron chi connectivity index (χ1n) is 18.6. The van der Waals surface area contributed by atoms with Crippen LogP contribution in [0.4, 0.5) is 0 Å². The number of benzene rings is 9. The van der Waals surface area contributed by atoms with E-state index in [0.29, 0.717) is 5.82 Å². The van der Waals surface area contributed by atoms with Crippen molar-refractivity contribution in [3.05, 3.63) is 194 Å². The maximum atomic E-state index is 5.23. The first kappa shape index (κ1) is 31.6. The van der Waals surface area contributed by atoms with Crippen molar-refractivity contribution in [2.75, 3.05) is 0 Å². The van der Waals surface area contributed by atoms with E-state index in [-0.39, 0.29) is 0 Å². The van der Waals surface area contributed by atoms with Gasteiger partial charge < -0.3 is 0 Å². The van der Waals surface area contributed by atoms with E-state index in [4.69, 9.17) is 9.97 Å². The van der Waals surface area contributed by atoms with Crippen LogP contribution in [0.3, 0.4) is 0 Å². The zero-order valence-corrected chi connectivity index (χ0v) is 30.6. The van der Waals surface area contributed by atoms with Gasteiger partial charge in [-0.2, -0.15) is 0 Å². The van der Waals surface area contributed by atoms with Crippen LogP contribution in [0, 0.1) is 0 Å². The maximum Gasteiger partial charge on any atom is 0.160 e. The molecule has 0 N–H and O–H groups in total. The number of fused-ring (bicyclic) bond motifs is 7. The van der Waals surface area contributed by atoms with Gasteiger partial charge in [-0.1, -0.05) is 170 Å². The van der Waals surface area contributed by atoms with Gasteiger partial charge in [0.25, 0.3) is 0 Å². The number of nitrogens with zero attached hydrogens (tertiary/aromatic N) is 2. The van der Waals surface area contributed by atoms with Gasteiger partial charge in [-0.15, -0.1) is 11.3 Å². The monoisotopic (exact) mass is 716 g/mol. The fourth-order valence-corrected chi connectivity index (χ4v) is 9.28. The molecule has 0 radical (unpaired) electrons. The smallest absolute Gasteiger partial charge is 0.160 e. The molecule has 0 spiro atoms. The molecule has 0 atom stereocenters. The van der Waals surface area contributed by atoms with Gasteiger partial charge in [0, 0.05) is 36.9 Å². The summed E-state index contributed by atoms with van der Waals surface area (Å²) in [5, 5.41) is 10.1. The van der Waals surface area contributed by atoms with Crippen LogP contribution in [-0.2, 0) is 0 Å². The first-order chi connectivity index (χ1) is 27.2. The van der Waals surface area contributed by atoms with Crippen LogP contribution < -0.4 is 0 Å². The summed E-state index contributed by atoms with van der Waals surface area (Å²) in [6, 6.07) is 69.8. The van der Waals surface area contributed by atoms with Crippen LogP contribution in [0.25, 0.3) is 109 Å². The van der Waals surface area contributed by atoms with E-state index < -0.39 is 0 Å². The lowest BCUT2D eigenvalue weighted by molar-refractivity contribution is 1.18. The van der Waals surface area contributed by atoms with Gasteiger partial charge in [-0.25, -0.2) is 9.97 Å². The number of rotatable bonds is 5. The molecule has 256 valence electrons. The second kappa shape index (κ2) is 12.9. The Balaban J connectivity index is 1.05. The van der Waals surface area contributed by atoms with Gasteiger partial charge in [-0.3, -0.25) is 0 Å². The van der Waals surface area contributed by atoms with Crippen molar-refractivity contribution in [1.82, 2.24) is 9.97 Å². The molecule has 0 aliphatic carbocycles. The first-order valence-corrected chi connectivity index (χ1v) is 19.5. The molecular weight excluding hydrogens is 685 g/mol. The van der Waals surface area contributed by atoms with Crippen LogP contribution in [0.15, 0.2) is 194 Å². The Bertz CT molecular complexity index is 3230. The van der Waals surface area contributed by atoms with E-state index in [9.17, 15) is 0 Å². The largest absolute Gasteiger partial charge is 0.228 e. The molecule has 2 aromatic heterocycles. The standard InChI is InChI=1S/C52H32N2S/c1-2-10-33(11-3-1)34-18-24-38(25-19-34)52-53-47(32-48(54-52)40-27-28-44-43-16-8-9-17-49(43)55-50(44)31-40)36-20-22-37(23-21-36)51-42-15-7-5-13-39(42)30-46-41-14-6-4-12-35(41)26-29-45(46)51/h1-32H. The maximum absolute atomic E-state index is 5.23. The quantitative estimate of drug-likeness (QED) is 0.131. The molecule has 11 aromatic rings. The highest BCUT2D eigenvalue weighted by atomic mass is 32.1. The fraction of sp³-hybridized carbons (Fsp3) is 0. The van der Waals surface area contributed by atoms with Gasteiger partial charge in [-0.05, 0) is 78.8 Å². The Morgan fingerprint density at radius 3 is 1.67 bits per heavy atom. The molecule has 0 bridgehead atoms. The molecular formula is C52H32N2S. The van der Waals surface area contributed by atoms with Crippen molar-refractivity contribution in [3.8, 4) is 56.2 Å². The summed E-state index contributed by atoms with van der Waals surface area (Å²) in [6.45, 7) is 0. The number of hydrogen-bond acceptors (Lipinski definition) is 3. The third-order valence-corrected chi connectivity index (χ3v) is 12.0. The molecule has 0 unspecified atom stereocenters. The highest BCUT2D eigenvalue weighted by molar-refractivity contribution is 7.25. The Hall–Kier alpha value is -6.94. The van der Waals surface area contributed by atoms with Crippen molar-refractivity contribution in [3.63, 3.8) is 0 Å². The van der Waals surface area contributed by atoms with Gasteiger partial charge in [0.15, 0.2) is 5.82 Å². The molecule has 0 aliphatic rings. The third kappa shape index (κ3) is 5.48. The van der Waals surface area contributed by atoms with Crippen LogP contribution >= 0.6 is 11.3 Å². The average Bonchev–Trinajstić information content (AvgIpc) is 3.64. The minimum absolute atomic E-state index is 0.708. The predicted octanol–water partition coefficient (Wildman–Crippen LogP) is 14.6. The normalized spacial score (nSPS) is 11.6. The Labute approximate surface area is 322 Å². The molecule has 2 nitrogen and oxygen atoms in total. The Morgan fingerprint density at radius 1 is 0.291 bits per heavy atom. The van der Waals surface area contributed by atoms with E-state index >= 15 is 0 Å². The second-order valence-corrected chi connectivity index (χ2v) is 15.2. The van der Waals surface area contributed by atoms with Crippen molar-refractivity contribution >= 4 is 63.8 Å². The Morgan fingerprint density at radius 2 is 0.855 bits per heavy atom. The molecule has 9 aromatic carbocycles. The number of aromatic nitrogens is 2. The van der Waals surface area contributed by atoms with Gasteiger partial charge in [0.2, 0.25) is 0 Å². The zero-order valence-electron chi connectivity index (χ0n) is 29.8. The van der Waals surface area contributed by atoms with E-state index in [1.165, 1.54) is 74.7 Å². The SMILES string of the molecule is c1ccc(-c2ccc(-c3nc(-c4ccc(-c5c6ccccc6cc6c5ccc5ccccc56)cc4)cc(-c4ccc5c(c4)sc4ccccc45)n3)cc2)cc1. The average molecular weight is 717 g/mol. The molecule has 11 rings (SSSR count). The van der Waals surface area contributed by atoms with Gasteiger partial charge in [0.1, 0.15) is 0 Å². The Kier molecular flexibility index (Phi) is 7.39. The predicted molar refractivity (Wildman–Crippen MR) is 235 cm³/mol. The topological polar surface area (TPSA) is 25.8 Å². The van der Waals surface area contributed by atoms with E-state index in [0.717, 1.165) is 28.1 Å². The van der Waals surface area contributed by atoms with E-state index in [1.54, 1.807) is 0 Å².